The third-order valence-electron chi connectivity index (χ3n) is 8.76. The van der Waals surface area contributed by atoms with Gasteiger partial charge in [-0.05, 0) is 89.1 Å². The van der Waals surface area contributed by atoms with E-state index in [0.29, 0.717) is 59.3 Å². The number of aromatic nitrogens is 3. The van der Waals surface area contributed by atoms with E-state index in [1.54, 1.807) is 84.1 Å². The van der Waals surface area contributed by atoms with Crippen LogP contribution in [0.5, 0.6) is 0 Å². The van der Waals surface area contributed by atoms with Crippen LogP contribution < -0.4 is 4.90 Å². The molecule has 0 radical (unpaired) electrons. The summed E-state index contributed by atoms with van der Waals surface area (Å²) in [5, 5.41) is 0. The lowest BCUT2D eigenvalue weighted by Crippen LogP contribution is -2.45. The molecule has 0 bridgehead atoms. The Hall–Kier alpha value is -4.01. The average molecular weight is 712 g/mol. The highest BCUT2D eigenvalue weighted by molar-refractivity contribution is 7.91. The molecular weight excluding hydrogens is 667 g/mol. The lowest BCUT2D eigenvalue weighted by Gasteiger charge is -2.37. The number of amides is 1. The topological polar surface area (TPSA) is 141 Å². The molecule has 1 aliphatic rings. The summed E-state index contributed by atoms with van der Waals surface area (Å²) in [6, 6.07) is 16.6. The molecule has 0 saturated carbocycles. The maximum atomic E-state index is 14.1. The van der Waals surface area contributed by atoms with Gasteiger partial charge in [-0.2, -0.15) is 0 Å². The predicted molar refractivity (Wildman–Crippen MR) is 190 cm³/mol. The van der Waals surface area contributed by atoms with Gasteiger partial charge in [0.05, 0.1) is 63.6 Å². The van der Waals surface area contributed by atoms with Crippen molar-refractivity contribution >= 4 is 42.8 Å². The maximum absolute atomic E-state index is 14.1. The molecule has 0 aliphatic carbocycles. The lowest BCUT2D eigenvalue weighted by atomic mass is 10.0. The van der Waals surface area contributed by atoms with E-state index in [0.717, 1.165) is 6.42 Å². The average Bonchev–Trinajstić information content (AvgIpc) is 3.41. The van der Waals surface area contributed by atoms with Gasteiger partial charge < -0.3 is 19.3 Å². The fourth-order valence-electron chi connectivity index (χ4n) is 5.65. The van der Waals surface area contributed by atoms with E-state index in [1.165, 1.54) is 27.3 Å². The molecule has 0 spiro atoms. The Morgan fingerprint density at radius 1 is 0.980 bits per heavy atom. The van der Waals surface area contributed by atoms with Crippen LogP contribution in [0, 0.1) is 0 Å². The zero-order valence-electron chi connectivity index (χ0n) is 29.3. The van der Waals surface area contributed by atoms with Crippen LogP contribution in [0.15, 0.2) is 65.6 Å². The number of hydrogen-bond acceptors (Lipinski definition) is 10. The summed E-state index contributed by atoms with van der Waals surface area (Å²) in [6.07, 6.45) is 1.42. The number of hydrogen-bond donors (Lipinski definition) is 0. The van der Waals surface area contributed by atoms with Gasteiger partial charge in [0.25, 0.3) is 10.0 Å². The molecular formula is C35H45N5O7S2. The van der Waals surface area contributed by atoms with Crippen LogP contribution >= 0.6 is 0 Å². The van der Waals surface area contributed by atoms with Crippen molar-refractivity contribution in [2.75, 3.05) is 38.0 Å². The highest BCUT2D eigenvalue weighted by Crippen LogP contribution is 2.36. The molecule has 1 atom stereocenters. The van der Waals surface area contributed by atoms with Crippen molar-refractivity contribution in [3.8, 4) is 11.4 Å². The second kappa shape index (κ2) is 13.4. The number of pyridine rings is 2. The van der Waals surface area contributed by atoms with Crippen LogP contribution in [0.2, 0.25) is 0 Å². The predicted octanol–water partition coefficient (Wildman–Crippen LogP) is 5.60. The number of carbonyl (C=O) groups excluding carboxylic acids is 1. The minimum Gasteiger partial charge on any atom is -0.444 e. The highest BCUT2D eigenvalue weighted by atomic mass is 32.2. The fourth-order valence-corrected chi connectivity index (χ4v) is 7.74. The summed E-state index contributed by atoms with van der Waals surface area (Å²) in [5.74, 6) is 0.616. The Balaban J connectivity index is 1.69. The van der Waals surface area contributed by atoms with Crippen LogP contribution in [0.25, 0.3) is 22.4 Å². The highest BCUT2D eigenvalue weighted by Gasteiger charge is 2.35. The van der Waals surface area contributed by atoms with Crippen molar-refractivity contribution in [3.63, 3.8) is 0 Å². The van der Waals surface area contributed by atoms with E-state index in [9.17, 15) is 21.6 Å². The Morgan fingerprint density at radius 2 is 1.67 bits per heavy atom. The van der Waals surface area contributed by atoms with Gasteiger partial charge in [-0.25, -0.2) is 35.6 Å². The SMILES string of the molecule is CC[C@H]1COCCN1c1cc(C(C)(C)S(C)(=O)=O)cc(-c2ccc3c(cc(CN(C)C(=O)OC(C)(C)C)n3S(=O)(=O)c3ccccc3)n2)n1. The van der Waals surface area contributed by atoms with Crippen LogP contribution in [-0.4, -0.2) is 86.5 Å². The molecule has 0 unspecified atom stereocenters. The third-order valence-corrected chi connectivity index (χ3v) is 12.6. The molecule has 1 aliphatic heterocycles. The third kappa shape index (κ3) is 7.46. The first-order valence-electron chi connectivity index (χ1n) is 16.2. The molecule has 1 amide bonds. The molecule has 3 aromatic heterocycles. The number of fused-ring (bicyclic) bond motifs is 1. The first-order valence-corrected chi connectivity index (χ1v) is 19.5. The van der Waals surface area contributed by atoms with Crippen molar-refractivity contribution in [2.24, 2.45) is 0 Å². The Bertz CT molecular complexity index is 2070. The number of benzene rings is 1. The van der Waals surface area contributed by atoms with Crippen molar-refractivity contribution in [1.82, 2.24) is 18.8 Å². The quantitative estimate of drug-likeness (QED) is 0.216. The number of anilines is 1. The fraction of sp³-hybridized carbons (Fsp3) is 0.457. The van der Waals surface area contributed by atoms with E-state index in [4.69, 9.17) is 19.4 Å². The second-order valence-electron chi connectivity index (χ2n) is 13.9. The number of carbonyl (C=O) groups is 1. The maximum Gasteiger partial charge on any atom is 0.410 e. The summed E-state index contributed by atoms with van der Waals surface area (Å²) < 4.78 is 65.4. The van der Waals surface area contributed by atoms with E-state index in [1.807, 2.05) is 6.07 Å². The summed E-state index contributed by atoms with van der Waals surface area (Å²) >= 11 is 0. The van der Waals surface area contributed by atoms with Gasteiger partial charge >= 0.3 is 6.09 Å². The first-order chi connectivity index (χ1) is 22.8. The first kappa shape index (κ1) is 36.3. The minimum atomic E-state index is -4.11. The lowest BCUT2D eigenvalue weighted by molar-refractivity contribution is 0.0282. The zero-order valence-corrected chi connectivity index (χ0v) is 30.9. The van der Waals surface area contributed by atoms with Crippen molar-refractivity contribution in [1.29, 1.82) is 0 Å². The van der Waals surface area contributed by atoms with Crippen LogP contribution in [0.3, 0.4) is 0 Å². The summed E-state index contributed by atoms with van der Waals surface area (Å²) in [7, 11) is -6.11. The molecule has 4 aromatic rings. The van der Waals surface area contributed by atoms with Gasteiger partial charge in [0.1, 0.15) is 11.4 Å². The molecule has 14 heteroatoms. The van der Waals surface area contributed by atoms with Gasteiger partial charge in [0.15, 0.2) is 9.84 Å². The molecule has 1 saturated heterocycles. The molecule has 4 heterocycles. The molecule has 1 aromatic carbocycles. The smallest absolute Gasteiger partial charge is 0.410 e. The van der Waals surface area contributed by atoms with Crippen molar-refractivity contribution in [2.45, 2.75) is 75.8 Å². The normalized spacial score (nSPS) is 16.2. The van der Waals surface area contributed by atoms with Gasteiger partial charge in [0.2, 0.25) is 0 Å². The van der Waals surface area contributed by atoms with E-state index < -0.39 is 36.3 Å². The number of morpholine rings is 1. The molecule has 1 fully saturated rings. The molecule has 264 valence electrons. The van der Waals surface area contributed by atoms with Gasteiger partial charge in [-0.1, -0.05) is 25.1 Å². The van der Waals surface area contributed by atoms with Gasteiger partial charge in [0, 0.05) is 19.8 Å². The van der Waals surface area contributed by atoms with Crippen LogP contribution in [0.4, 0.5) is 10.6 Å². The Morgan fingerprint density at radius 3 is 2.31 bits per heavy atom. The van der Waals surface area contributed by atoms with Crippen LogP contribution in [0.1, 0.15) is 59.2 Å². The van der Waals surface area contributed by atoms with Crippen molar-refractivity contribution < 1.29 is 31.1 Å². The van der Waals surface area contributed by atoms with E-state index in [-0.39, 0.29) is 17.5 Å². The van der Waals surface area contributed by atoms with Crippen LogP contribution in [-0.2, 0) is 40.6 Å². The summed E-state index contributed by atoms with van der Waals surface area (Å²) in [6.45, 7) is 12.2. The van der Waals surface area contributed by atoms with E-state index >= 15 is 0 Å². The summed E-state index contributed by atoms with van der Waals surface area (Å²) in [4.78, 5) is 26.3. The Kier molecular flexibility index (Phi) is 9.90. The number of nitrogens with zero attached hydrogens (tertiary/aromatic N) is 5. The zero-order chi connectivity index (χ0) is 35.9. The standard InChI is InChI=1S/C35H45N5O7S2/c1-9-25-23-46-18-17-39(25)32-20-24(35(5,6)48(8,42)43)19-29(37-32)28-15-16-31-30(36-28)21-26(22-38(7)33(41)47-34(2,3)4)40(31)49(44,45)27-13-11-10-12-14-27/h10-16,19-21,25H,9,17-18,22-23H2,1-8H3/t25-/m0/s1. The monoisotopic (exact) mass is 711 g/mol. The minimum absolute atomic E-state index is 0.0582. The largest absolute Gasteiger partial charge is 0.444 e. The molecule has 5 rings (SSSR count). The number of rotatable bonds is 9. The Labute approximate surface area is 289 Å². The van der Waals surface area contributed by atoms with E-state index in [2.05, 4.69) is 11.8 Å². The van der Waals surface area contributed by atoms with Crippen molar-refractivity contribution in [3.05, 3.63) is 71.9 Å². The number of ether oxygens (including phenoxy) is 2. The van der Waals surface area contributed by atoms with Gasteiger partial charge in [-0.15, -0.1) is 0 Å². The molecule has 49 heavy (non-hydrogen) atoms. The molecule has 0 N–H and O–H groups in total. The van der Waals surface area contributed by atoms with Gasteiger partial charge in [-0.3, -0.25) is 0 Å². The summed E-state index contributed by atoms with van der Waals surface area (Å²) in [5.41, 5.74) is 1.67. The second-order valence-corrected chi connectivity index (χ2v) is 18.2. The molecule has 12 nitrogen and oxygen atoms in total. The number of sulfone groups is 1.